The highest BCUT2D eigenvalue weighted by atomic mass is 32.2. The van der Waals surface area contributed by atoms with E-state index in [0.717, 1.165) is 25.7 Å². The summed E-state index contributed by atoms with van der Waals surface area (Å²) in [6, 6.07) is 6.21. The molecule has 1 aliphatic carbocycles. The van der Waals surface area contributed by atoms with Crippen molar-refractivity contribution in [3.05, 3.63) is 29.8 Å². The molecule has 5 nitrogen and oxygen atoms in total. The first-order valence-corrected chi connectivity index (χ1v) is 10.1. The summed E-state index contributed by atoms with van der Waals surface area (Å²) in [6.45, 7) is 5.66. The molecule has 0 atom stereocenters. The van der Waals surface area contributed by atoms with Crippen LogP contribution in [0.4, 0.5) is 0 Å². The highest BCUT2D eigenvalue weighted by molar-refractivity contribution is 7.89. The van der Waals surface area contributed by atoms with Gasteiger partial charge in [0.2, 0.25) is 10.0 Å². The largest absolute Gasteiger partial charge is 0.347 e. The van der Waals surface area contributed by atoms with Crippen molar-refractivity contribution in [3.8, 4) is 0 Å². The fourth-order valence-electron chi connectivity index (χ4n) is 2.90. The number of carbonyl (C=O) groups excluding carboxylic acids is 1. The van der Waals surface area contributed by atoms with Crippen molar-refractivity contribution in [2.75, 3.05) is 0 Å². The van der Waals surface area contributed by atoms with Gasteiger partial charge >= 0.3 is 0 Å². The summed E-state index contributed by atoms with van der Waals surface area (Å²) in [5, 5.41) is 2.85. The normalized spacial score (nSPS) is 17.3. The molecule has 0 spiro atoms. The van der Waals surface area contributed by atoms with Crippen LogP contribution in [0.2, 0.25) is 0 Å². The van der Waals surface area contributed by atoms with E-state index in [0.29, 0.717) is 5.56 Å². The average molecular weight is 353 g/mol. The van der Waals surface area contributed by atoms with Gasteiger partial charge in [-0.3, -0.25) is 4.79 Å². The van der Waals surface area contributed by atoms with Crippen LogP contribution in [0.15, 0.2) is 29.2 Å². The topological polar surface area (TPSA) is 75.3 Å². The van der Waals surface area contributed by atoms with Gasteiger partial charge in [-0.15, -0.1) is 0 Å². The van der Waals surface area contributed by atoms with Gasteiger partial charge in [-0.2, -0.15) is 0 Å². The highest BCUT2D eigenvalue weighted by Gasteiger charge is 2.22. The van der Waals surface area contributed by atoms with E-state index in [-0.39, 0.29) is 22.4 Å². The Bertz CT molecular complexity index is 670. The second-order valence-corrected chi connectivity index (χ2v) is 9.26. The summed E-state index contributed by atoms with van der Waals surface area (Å²) >= 11 is 0. The number of benzene rings is 1. The summed E-state index contributed by atoms with van der Waals surface area (Å²) in [4.78, 5) is 12.4. The van der Waals surface area contributed by atoms with Gasteiger partial charge < -0.3 is 5.32 Å². The van der Waals surface area contributed by atoms with Crippen molar-refractivity contribution < 1.29 is 13.2 Å². The van der Waals surface area contributed by atoms with Gasteiger partial charge in [0.15, 0.2) is 0 Å². The van der Waals surface area contributed by atoms with Crippen molar-refractivity contribution in [1.82, 2.24) is 10.0 Å². The number of amides is 1. The molecule has 134 valence electrons. The number of sulfonamides is 1. The number of hydrogen-bond acceptors (Lipinski definition) is 3. The Kier molecular flexibility index (Phi) is 6.04. The first-order valence-electron chi connectivity index (χ1n) is 8.62. The summed E-state index contributed by atoms with van der Waals surface area (Å²) in [5.41, 5.74) is -0.0152. The van der Waals surface area contributed by atoms with Crippen molar-refractivity contribution >= 4 is 15.9 Å². The molecule has 2 N–H and O–H groups in total. The van der Waals surface area contributed by atoms with E-state index in [1.807, 2.05) is 20.8 Å². The Morgan fingerprint density at radius 3 is 2.29 bits per heavy atom. The Hall–Kier alpha value is -1.40. The molecule has 0 saturated heterocycles. The monoisotopic (exact) mass is 352 g/mol. The third-order valence-electron chi connectivity index (χ3n) is 4.07. The standard InChI is InChI=1S/C18H28N2O3S/c1-18(2,3)19-17(21)14-9-8-12-16(13-14)24(22,23)20-15-10-6-4-5-7-11-15/h8-9,12-13,15,20H,4-7,10-11H2,1-3H3,(H,19,21). The van der Waals surface area contributed by atoms with Crippen LogP contribution in [0, 0.1) is 0 Å². The summed E-state index contributed by atoms with van der Waals surface area (Å²) in [6.07, 6.45) is 6.21. The fraction of sp³-hybridized carbons (Fsp3) is 0.611. The Labute approximate surface area is 145 Å². The first kappa shape index (κ1) is 18.9. The van der Waals surface area contributed by atoms with E-state index in [9.17, 15) is 13.2 Å². The molecular formula is C18H28N2O3S. The van der Waals surface area contributed by atoms with Gasteiger partial charge in [-0.1, -0.05) is 31.7 Å². The van der Waals surface area contributed by atoms with Crippen LogP contribution in [-0.4, -0.2) is 25.9 Å². The second kappa shape index (κ2) is 7.66. The quantitative estimate of drug-likeness (QED) is 0.817. The molecule has 0 unspecified atom stereocenters. The number of carbonyl (C=O) groups is 1. The van der Waals surface area contributed by atoms with Crippen molar-refractivity contribution in [1.29, 1.82) is 0 Å². The third-order valence-corrected chi connectivity index (χ3v) is 5.59. The minimum absolute atomic E-state index is 0.00967. The summed E-state index contributed by atoms with van der Waals surface area (Å²) in [5.74, 6) is -0.269. The van der Waals surface area contributed by atoms with Crippen LogP contribution in [0.25, 0.3) is 0 Å². The van der Waals surface area contributed by atoms with Crippen molar-refractivity contribution in [3.63, 3.8) is 0 Å². The lowest BCUT2D eigenvalue weighted by atomic mass is 10.1. The minimum atomic E-state index is -3.61. The molecule has 1 aliphatic rings. The molecule has 0 aliphatic heterocycles. The molecule has 24 heavy (non-hydrogen) atoms. The van der Waals surface area contributed by atoms with Crippen LogP contribution in [0.3, 0.4) is 0 Å². The Balaban J connectivity index is 2.15. The maximum atomic E-state index is 12.6. The minimum Gasteiger partial charge on any atom is -0.347 e. The van der Waals surface area contributed by atoms with E-state index in [1.54, 1.807) is 12.1 Å². The molecule has 0 bridgehead atoms. The predicted octanol–water partition coefficient (Wildman–Crippen LogP) is 3.22. The first-order chi connectivity index (χ1) is 11.2. The van der Waals surface area contributed by atoms with E-state index in [2.05, 4.69) is 10.0 Å². The maximum Gasteiger partial charge on any atom is 0.251 e. The smallest absolute Gasteiger partial charge is 0.251 e. The predicted molar refractivity (Wildman–Crippen MR) is 95.5 cm³/mol. The molecule has 1 fully saturated rings. The molecule has 6 heteroatoms. The number of nitrogens with one attached hydrogen (secondary N) is 2. The van der Waals surface area contributed by atoms with Gasteiger partial charge in [0.05, 0.1) is 4.90 Å². The Morgan fingerprint density at radius 2 is 1.71 bits per heavy atom. The number of rotatable bonds is 4. The Morgan fingerprint density at radius 1 is 1.08 bits per heavy atom. The molecular weight excluding hydrogens is 324 g/mol. The zero-order valence-electron chi connectivity index (χ0n) is 14.8. The summed E-state index contributed by atoms with van der Waals surface area (Å²) in [7, 11) is -3.61. The second-order valence-electron chi connectivity index (χ2n) is 7.54. The summed E-state index contributed by atoms with van der Waals surface area (Å²) < 4.78 is 28.1. The van der Waals surface area contributed by atoms with Crippen LogP contribution < -0.4 is 10.0 Å². The number of hydrogen-bond donors (Lipinski definition) is 2. The van der Waals surface area contributed by atoms with Gasteiger partial charge in [0, 0.05) is 17.1 Å². The maximum absolute atomic E-state index is 12.6. The van der Waals surface area contributed by atoms with E-state index >= 15 is 0 Å². The molecule has 1 amide bonds. The van der Waals surface area contributed by atoms with Crippen LogP contribution in [0.1, 0.15) is 69.7 Å². The van der Waals surface area contributed by atoms with E-state index in [4.69, 9.17) is 0 Å². The van der Waals surface area contributed by atoms with Crippen LogP contribution >= 0.6 is 0 Å². The van der Waals surface area contributed by atoms with Crippen LogP contribution in [0.5, 0.6) is 0 Å². The van der Waals surface area contributed by atoms with Crippen molar-refractivity contribution in [2.45, 2.75) is 75.8 Å². The van der Waals surface area contributed by atoms with E-state index in [1.165, 1.54) is 25.0 Å². The van der Waals surface area contributed by atoms with Crippen LogP contribution in [-0.2, 0) is 10.0 Å². The fourth-order valence-corrected chi connectivity index (χ4v) is 4.25. The molecule has 1 aromatic rings. The van der Waals surface area contributed by atoms with Crippen molar-refractivity contribution in [2.24, 2.45) is 0 Å². The molecule has 0 aromatic heterocycles. The highest BCUT2D eigenvalue weighted by Crippen LogP contribution is 2.20. The molecule has 0 radical (unpaired) electrons. The molecule has 1 saturated carbocycles. The van der Waals surface area contributed by atoms with Gasteiger partial charge in [0.25, 0.3) is 5.91 Å². The lowest BCUT2D eigenvalue weighted by Gasteiger charge is -2.21. The molecule has 0 heterocycles. The lowest BCUT2D eigenvalue weighted by molar-refractivity contribution is 0.0919. The molecule has 2 rings (SSSR count). The van der Waals surface area contributed by atoms with E-state index < -0.39 is 10.0 Å². The zero-order valence-corrected chi connectivity index (χ0v) is 15.6. The van der Waals surface area contributed by atoms with Gasteiger partial charge in [-0.25, -0.2) is 13.1 Å². The SMILES string of the molecule is CC(C)(C)NC(=O)c1cccc(S(=O)(=O)NC2CCCCCC2)c1. The van der Waals surface area contributed by atoms with Gasteiger partial charge in [-0.05, 0) is 51.8 Å². The third kappa shape index (κ3) is 5.60. The molecule has 1 aromatic carbocycles. The zero-order chi connectivity index (χ0) is 17.8. The lowest BCUT2D eigenvalue weighted by Crippen LogP contribution is -2.40. The average Bonchev–Trinajstić information content (AvgIpc) is 2.74. The van der Waals surface area contributed by atoms with Gasteiger partial charge in [0.1, 0.15) is 0 Å².